The van der Waals surface area contributed by atoms with E-state index in [1.807, 2.05) is 0 Å². The number of nitrogens with one attached hydrogen (secondary N) is 1. The average Bonchev–Trinajstić information content (AvgIpc) is 3.55. The van der Waals surface area contributed by atoms with Crippen LogP contribution >= 0.6 is 0 Å². The zero-order valence-corrected chi connectivity index (χ0v) is 18.6. The minimum absolute atomic E-state index is 0.153. The molecule has 0 bridgehead atoms. The number of anilines is 1. The van der Waals surface area contributed by atoms with Crippen molar-refractivity contribution in [1.82, 2.24) is 23.5 Å². The Morgan fingerprint density at radius 1 is 0.943 bits per heavy atom. The predicted octanol–water partition coefficient (Wildman–Crippen LogP) is 4.12. The molecule has 5 rings (SSSR count). The number of aromatic nitrogens is 5. The summed E-state index contributed by atoms with van der Waals surface area (Å²) in [5.41, 5.74) is 1.09. The molecule has 3 heterocycles. The van der Waals surface area contributed by atoms with Crippen molar-refractivity contribution in [3.8, 4) is 11.5 Å². The Morgan fingerprint density at radius 3 is 2.37 bits per heavy atom. The van der Waals surface area contributed by atoms with Crippen molar-refractivity contribution in [1.29, 1.82) is 0 Å². The summed E-state index contributed by atoms with van der Waals surface area (Å²) in [5, 5.41) is 7.02. The van der Waals surface area contributed by atoms with E-state index >= 15 is 0 Å². The molecule has 1 N–H and O–H groups in total. The lowest BCUT2D eigenvalue weighted by Gasteiger charge is -2.13. The number of halogens is 3. The number of fused-ring (bicyclic) bond motifs is 1. The first-order chi connectivity index (χ1) is 16.6. The predicted molar refractivity (Wildman–Crippen MR) is 124 cm³/mol. The van der Waals surface area contributed by atoms with E-state index in [9.17, 15) is 22.8 Å². The second kappa shape index (κ2) is 8.05. The van der Waals surface area contributed by atoms with Crippen LogP contribution in [0.4, 0.5) is 18.9 Å². The van der Waals surface area contributed by atoms with Gasteiger partial charge in [-0.3, -0.25) is 13.9 Å². The molecule has 0 atom stereocenters. The molecule has 0 aliphatic rings. The van der Waals surface area contributed by atoms with Crippen LogP contribution in [0, 0.1) is 0 Å². The van der Waals surface area contributed by atoms with Crippen molar-refractivity contribution in [3.63, 3.8) is 0 Å². The molecule has 0 spiro atoms. The smallest absolute Gasteiger partial charge is 0.322 e. The lowest BCUT2D eigenvalue weighted by atomic mass is 10.2. The third kappa shape index (κ3) is 3.80. The fourth-order valence-electron chi connectivity index (χ4n) is 4.01. The molecular weight excluding hydrogens is 461 g/mol. The highest BCUT2D eigenvalue weighted by atomic mass is 19.4. The molecule has 0 aliphatic carbocycles. The number of aryl methyl sites for hydroxylation is 2. The van der Waals surface area contributed by atoms with Crippen LogP contribution in [0.15, 0.2) is 78.0 Å². The third-order valence-electron chi connectivity index (χ3n) is 5.79. The average molecular weight is 480 g/mol. The van der Waals surface area contributed by atoms with Gasteiger partial charge in [-0.2, -0.15) is 18.3 Å². The summed E-state index contributed by atoms with van der Waals surface area (Å²) in [7, 11) is 3.30. The van der Waals surface area contributed by atoms with Crippen molar-refractivity contribution >= 4 is 22.6 Å². The number of carbonyl (C=O) groups excluding carboxylic acids is 1. The van der Waals surface area contributed by atoms with Crippen molar-refractivity contribution in [3.05, 3.63) is 94.8 Å². The van der Waals surface area contributed by atoms with Crippen molar-refractivity contribution in [2.45, 2.75) is 6.18 Å². The summed E-state index contributed by atoms with van der Waals surface area (Å²) in [6.45, 7) is 0. The minimum Gasteiger partial charge on any atom is -0.322 e. The molecule has 2 aromatic carbocycles. The van der Waals surface area contributed by atoms with Crippen molar-refractivity contribution in [2.24, 2.45) is 14.1 Å². The van der Waals surface area contributed by atoms with E-state index in [-0.39, 0.29) is 22.8 Å². The number of hydrogen-bond donors (Lipinski definition) is 1. The maximum Gasteiger partial charge on any atom is 0.416 e. The molecule has 3 aromatic heterocycles. The highest BCUT2D eigenvalue weighted by molar-refractivity contribution is 6.07. The molecule has 35 heavy (non-hydrogen) atoms. The lowest BCUT2D eigenvalue weighted by molar-refractivity contribution is -0.137. The fourth-order valence-corrected chi connectivity index (χ4v) is 4.01. The van der Waals surface area contributed by atoms with Gasteiger partial charge < -0.3 is 9.88 Å². The molecule has 0 fully saturated rings. The first-order valence-corrected chi connectivity index (χ1v) is 10.5. The van der Waals surface area contributed by atoms with Gasteiger partial charge in [0.15, 0.2) is 5.82 Å². The van der Waals surface area contributed by atoms with Crippen LogP contribution in [0.25, 0.3) is 22.5 Å². The second-order valence-corrected chi connectivity index (χ2v) is 7.99. The van der Waals surface area contributed by atoms with Crippen LogP contribution in [0.5, 0.6) is 0 Å². The number of carbonyl (C=O) groups is 1. The molecule has 0 saturated heterocycles. The quantitative estimate of drug-likeness (QED) is 0.420. The van der Waals surface area contributed by atoms with E-state index in [4.69, 9.17) is 0 Å². The highest BCUT2D eigenvalue weighted by Crippen LogP contribution is 2.31. The van der Waals surface area contributed by atoms with E-state index < -0.39 is 17.6 Å². The van der Waals surface area contributed by atoms with Crippen LogP contribution in [0.3, 0.4) is 0 Å². The number of imidazole rings is 1. The van der Waals surface area contributed by atoms with E-state index in [0.717, 1.165) is 12.1 Å². The third-order valence-corrected chi connectivity index (χ3v) is 5.79. The van der Waals surface area contributed by atoms with Gasteiger partial charge in [0.2, 0.25) is 0 Å². The number of benzene rings is 2. The van der Waals surface area contributed by atoms with E-state index in [1.165, 1.54) is 32.1 Å². The Morgan fingerprint density at radius 2 is 1.66 bits per heavy atom. The first-order valence-electron chi connectivity index (χ1n) is 10.5. The maximum absolute atomic E-state index is 13.3. The largest absolute Gasteiger partial charge is 0.416 e. The van der Waals surface area contributed by atoms with Crippen LogP contribution < -0.4 is 11.0 Å². The monoisotopic (exact) mass is 480 g/mol. The van der Waals surface area contributed by atoms with Crippen LogP contribution in [-0.2, 0) is 20.3 Å². The maximum atomic E-state index is 13.3. The van der Waals surface area contributed by atoms with E-state index in [0.29, 0.717) is 16.7 Å². The van der Waals surface area contributed by atoms with Gasteiger partial charge >= 0.3 is 11.9 Å². The number of nitrogens with zero attached hydrogens (tertiary/aromatic N) is 5. The zero-order valence-electron chi connectivity index (χ0n) is 18.6. The molecule has 0 unspecified atom stereocenters. The van der Waals surface area contributed by atoms with Gasteiger partial charge in [0, 0.05) is 32.2 Å². The Balaban J connectivity index is 1.56. The summed E-state index contributed by atoms with van der Waals surface area (Å²) in [4.78, 5) is 25.5. The Bertz CT molecular complexity index is 1620. The van der Waals surface area contributed by atoms with Crippen molar-refractivity contribution < 1.29 is 18.0 Å². The Hall–Kier alpha value is -4.54. The number of alkyl halides is 3. The molecule has 11 heteroatoms. The van der Waals surface area contributed by atoms with Gasteiger partial charge in [0.1, 0.15) is 5.56 Å². The van der Waals surface area contributed by atoms with Gasteiger partial charge in [-0.1, -0.05) is 6.07 Å². The molecule has 0 saturated carbocycles. The van der Waals surface area contributed by atoms with Gasteiger partial charge in [0.25, 0.3) is 5.91 Å². The second-order valence-electron chi connectivity index (χ2n) is 7.99. The lowest BCUT2D eigenvalue weighted by Crippen LogP contribution is -2.19. The molecular formula is C24H19F3N6O2. The number of rotatable bonds is 4. The molecule has 0 radical (unpaired) electrons. The number of amides is 1. The van der Waals surface area contributed by atoms with Gasteiger partial charge in [-0.05, 0) is 48.5 Å². The molecule has 8 nitrogen and oxygen atoms in total. The molecule has 5 aromatic rings. The SMILES string of the molecule is Cn1c(=O)n(C)c2cc(NC(=O)c3cnn(-c4cccc(C(F)(F)F)c4)c3-n3cccc3)ccc21. The van der Waals surface area contributed by atoms with Crippen molar-refractivity contribution in [2.75, 3.05) is 5.32 Å². The Labute approximate surface area is 196 Å². The molecule has 178 valence electrons. The fraction of sp³-hybridized carbons (Fsp3) is 0.125. The number of hydrogen-bond acceptors (Lipinski definition) is 3. The van der Waals surface area contributed by atoms with E-state index in [2.05, 4.69) is 10.4 Å². The molecule has 1 amide bonds. The van der Waals surface area contributed by atoms with Gasteiger partial charge in [0.05, 0.1) is 28.5 Å². The Kier molecular flexibility index (Phi) is 5.12. The summed E-state index contributed by atoms with van der Waals surface area (Å²) in [5.74, 6) is -0.229. The summed E-state index contributed by atoms with van der Waals surface area (Å²) in [6, 6.07) is 13.3. The molecule has 0 aliphatic heterocycles. The van der Waals surface area contributed by atoms with Gasteiger partial charge in [-0.15, -0.1) is 0 Å². The van der Waals surface area contributed by atoms with Crippen LogP contribution in [0.2, 0.25) is 0 Å². The van der Waals surface area contributed by atoms with Crippen LogP contribution in [0.1, 0.15) is 15.9 Å². The first kappa shape index (κ1) is 22.3. The summed E-state index contributed by atoms with van der Waals surface area (Å²) < 4.78 is 45.7. The topological polar surface area (TPSA) is 78.8 Å². The summed E-state index contributed by atoms with van der Waals surface area (Å²) >= 11 is 0. The minimum atomic E-state index is -4.52. The zero-order chi connectivity index (χ0) is 24.9. The standard InChI is InChI=1S/C24H19F3N6O2/c1-30-19-9-8-16(13-20(19)31(2)23(30)35)29-21(34)18-14-28-33(22(18)32-10-3-4-11-32)17-7-5-6-15(12-17)24(25,26)27/h3-14H,1-2H3,(H,29,34). The normalized spacial score (nSPS) is 11.8. The summed E-state index contributed by atoms with van der Waals surface area (Å²) in [6.07, 6.45) is 0.127. The highest BCUT2D eigenvalue weighted by Gasteiger charge is 2.31. The van der Waals surface area contributed by atoms with E-state index in [1.54, 1.807) is 61.4 Å². The van der Waals surface area contributed by atoms with Gasteiger partial charge in [-0.25, -0.2) is 9.48 Å². The van der Waals surface area contributed by atoms with Crippen LogP contribution in [-0.4, -0.2) is 29.4 Å².